The summed E-state index contributed by atoms with van der Waals surface area (Å²) >= 11 is 0. The maximum atomic E-state index is 12.5. The summed E-state index contributed by atoms with van der Waals surface area (Å²) in [6.07, 6.45) is -2.33. The van der Waals surface area contributed by atoms with Gasteiger partial charge in [0.05, 0.1) is 5.56 Å². The van der Waals surface area contributed by atoms with Crippen LogP contribution in [0.3, 0.4) is 0 Å². The first-order valence-corrected chi connectivity index (χ1v) is 6.10. The highest BCUT2D eigenvalue weighted by Crippen LogP contribution is 2.32. The molecule has 3 nitrogen and oxygen atoms in total. The number of nitrogens with two attached hydrogens (primary N) is 1. The van der Waals surface area contributed by atoms with Crippen molar-refractivity contribution in [1.82, 2.24) is 0 Å². The van der Waals surface area contributed by atoms with Gasteiger partial charge in [0, 0.05) is 24.7 Å². The third-order valence-electron chi connectivity index (χ3n) is 3.34. The van der Waals surface area contributed by atoms with E-state index in [1.54, 1.807) is 0 Å². The number of primary amides is 1. The first-order valence-electron chi connectivity index (χ1n) is 6.10. The summed E-state index contributed by atoms with van der Waals surface area (Å²) in [5, 5.41) is 0. The summed E-state index contributed by atoms with van der Waals surface area (Å²) in [5.74, 6) is -0.385. The third-order valence-corrected chi connectivity index (χ3v) is 3.34. The number of hydrogen-bond donors (Lipinski definition) is 1. The Hall–Kier alpha value is -1.72. The van der Waals surface area contributed by atoms with Crippen LogP contribution in [0.2, 0.25) is 0 Å². The van der Waals surface area contributed by atoms with Gasteiger partial charge in [0.25, 0.3) is 0 Å². The SMILES string of the molecule is NC(=O)C[C@H]1CCCN1c1ccc(C(F)(F)F)cc1. The molecule has 0 bridgehead atoms. The van der Waals surface area contributed by atoms with Crippen LogP contribution >= 0.6 is 0 Å². The van der Waals surface area contributed by atoms with Crippen LogP contribution in [0.25, 0.3) is 0 Å². The van der Waals surface area contributed by atoms with Gasteiger partial charge in [-0.05, 0) is 37.1 Å². The molecule has 1 aromatic carbocycles. The third kappa shape index (κ3) is 3.19. The summed E-state index contributed by atoms with van der Waals surface area (Å²) in [7, 11) is 0. The number of carbonyl (C=O) groups excluding carboxylic acids is 1. The van der Waals surface area contributed by atoms with E-state index in [0.717, 1.165) is 31.5 Å². The van der Waals surface area contributed by atoms with Gasteiger partial charge in [0.15, 0.2) is 0 Å². The molecular weight excluding hydrogens is 257 g/mol. The van der Waals surface area contributed by atoms with E-state index in [-0.39, 0.29) is 18.4 Å². The molecule has 2 rings (SSSR count). The van der Waals surface area contributed by atoms with Gasteiger partial charge in [-0.3, -0.25) is 4.79 Å². The smallest absolute Gasteiger partial charge is 0.370 e. The molecule has 1 aromatic rings. The lowest BCUT2D eigenvalue weighted by Gasteiger charge is -2.26. The van der Waals surface area contributed by atoms with Crippen molar-refractivity contribution in [2.45, 2.75) is 31.5 Å². The molecule has 1 fully saturated rings. The zero-order valence-corrected chi connectivity index (χ0v) is 10.3. The van der Waals surface area contributed by atoms with Crippen LogP contribution in [0.1, 0.15) is 24.8 Å². The van der Waals surface area contributed by atoms with Crippen LogP contribution in [0.4, 0.5) is 18.9 Å². The standard InChI is InChI=1S/C13H15F3N2O/c14-13(15,16)9-3-5-10(6-4-9)18-7-1-2-11(18)8-12(17)19/h3-6,11H,1-2,7-8H2,(H2,17,19)/t11-/m1/s1. The molecule has 1 amide bonds. The van der Waals surface area contributed by atoms with E-state index >= 15 is 0 Å². The van der Waals surface area contributed by atoms with Crippen LogP contribution in [-0.2, 0) is 11.0 Å². The largest absolute Gasteiger partial charge is 0.416 e. The maximum absolute atomic E-state index is 12.5. The van der Waals surface area contributed by atoms with Gasteiger partial charge >= 0.3 is 6.18 Å². The average Bonchev–Trinajstić information content (AvgIpc) is 2.75. The van der Waals surface area contributed by atoms with Gasteiger partial charge in [-0.2, -0.15) is 13.2 Å². The molecule has 19 heavy (non-hydrogen) atoms. The fraction of sp³-hybridized carbons (Fsp3) is 0.462. The highest BCUT2D eigenvalue weighted by Gasteiger charge is 2.31. The second-order valence-corrected chi connectivity index (χ2v) is 4.70. The fourth-order valence-corrected chi connectivity index (χ4v) is 2.46. The Morgan fingerprint density at radius 2 is 1.95 bits per heavy atom. The lowest BCUT2D eigenvalue weighted by molar-refractivity contribution is -0.137. The highest BCUT2D eigenvalue weighted by atomic mass is 19.4. The summed E-state index contributed by atoms with van der Waals surface area (Å²) in [4.78, 5) is 12.9. The fourth-order valence-electron chi connectivity index (χ4n) is 2.46. The van der Waals surface area contributed by atoms with Crippen molar-refractivity contribution in [2.24, 2.45) is 5.73 Å². The van der Waals surface area contributed by atoms with Crippen molar-refractivity contribution in [3.8, 4) is 0 Å². The number of nitrogens with zero attached hydrogens (tertiary/aromatic N) is 1. The number of benzene rings is 1. The number of hydrogen-bond acceptors (Lipinski definition) is 2. The normalized spacial score (nSPS) is 19.7. The number of anilines is 1. The van der Waals surface area contributed by atoms with E-state index in [1.165, 1.54) is 12.1 Å². The second kappa shape index (κ2) is 5.11. The van der Waals surface area contributed by atoms with Gasteiger partial charge in [-0.25, -0.2) is 0 Å². The topological polar surface area (TPSA) is 46.3 Å². The Kier molecular flexibility index (Phi) is 3.68. The number of carbonyl (C=O) groups is 1. The van der Waals surface area contributed by atoms with Gasteiger partial charge in [0.2, 0.25) is 5.91 Å². The maximum Gasteiger partial charge on any atom is 0.416 e. The van der Waals surface area contributed by atoms with E-state index < -0.39 is 11.7 Å². The molecule has 1 aliphatic heterocycles. The zero-order chi connectivity index (χ0) is 14.0. The van der Waals surface area contributed by atoms with Crippen LogP contribution in [0.15, 0.2) is 24.3 Å². The summed E-state index contributed by atoms with van der Waals surface area (Å²) in [5.41, 5.74) is 5.22. The Morgan fingerprint density at radius 1 is 1.32 bits per heavy atom. The Morgan fingerprint density at radius 3 is 2.47 bits per heavy atom. The second-order valence-electron chi connectivity index (χ2n) is 4.70. The summed E-state index contributed by atoms with van der Waals surface area (Å²) < 4.78 is 37.4. The van der Waals surface area contributed by atoms with Crippen molar-refractivity contribution >= 4 is 11.6 Å². The van der Waals surface area contributed by atoms with E-state index in [9.17, 15) is 18.0 Å². The number of amides is 1. The quantitative estimate of drug-likeness (QED) is 0.919. The lowest BCUT2D eigenvalue weighted by atomic mass is 10.1. The average molecular weight is 272 g/mol. The molecule has 104 valence electrons. The molecule has 1 aliphatic rings. The van der Waals surface area contributed by atoms with Crippen LogP contribution in [0, 0.1) is 0 Å². The van der Waals surface area contributed by atoms with Gasteiger partial charge in [-0.15, -0.1) is 0 Å². The number of alkyl halides is 3. The van der Waals surface area contributed by atoms with Gasteiger partial charge < -0.3 is 10.6 Å². The van der Waals surface area contributed by atoms with E-state index in [1.807, 2.05) is 4.90 Å². The minimum absolute atomic E-state index is 0.00534. The van der Waals surface area contributed by atoms with Gasteiger partial charge in [-0.1, -0.05) is 0 Å². The molecule has 2 N–H and O–H groups in total. The van der Waals surface area contributed by atoms with E-state index in [4.69, 9.17) is 5.73 Å². The zero-order valence-electron chi connectivity index (χ0n) is 10.3. The molecule has 0 aliphatic carbocycles. The van der Waals surface area contributed by atoms with Crippen molar-refractivity contribution in [1.29, 1.82) is 0 Å². The van der Waals surface area contributed by atoms with E-state index in [2.05, 4.69) is 0 Å². The molecule has 6 heteroatoms. The van der Waals surface area contributed by atoms with Crippen molar-refractivity contribution in [2.75, 3.05) is 11.4 Å². The lowest BCUT2D eigenvalue weighted by Crippen LogP contribution is -2.33. The predicted octanol–water partition coefficient (Wildman–Crippen LogP) is 2.55. The molecule has 0 saturated carbocycles. The Balaban J connectivity index is 2.15. The molecule has 0 aromatic heterocycles. The van der Waals surface area contributed by atoms with Crippen molar-refractivity contribution < 1.29 is 18.0 Å². The first-order chi connectivity index (χ1) is 8.88. The molecule has 0 spiro atoms. The number of halogens is 3. The summed E-state index contributed by atoms with van der Waals surface area (Å²) in [6, 6.07) is 5.02. The molecular formula is C13H15F3N2O. The molecule has 1 atom stereocenters. The first kappa shape index (κ1) is 13.7. The minimum Gasteiger partial charge on any atom is -0.370 e. The predicted molar refractivity (Wildman–Crippen MR) is 65.6 cm³/mol. The Labute approximate surface area is 109 Å². The van der Waals surface area contributed by atoms with Crippen LogP contribution < -0.4 is 10.6 Å². The minimum atomic E-state index is -4.32. The van der Waals surface area contributed by atoms with E-state index in [0.29, 0.717) is 5.69 Å². The molecule has 0 radical (unpaired) electrons. The number of rotatable bonds is 3. The highest BCUT2D eigenvalue weighted by molar-refractivity contribution is 5.75. The Bertz CT molecular complexity index is 456. The van der Waals surface area contributed by atoms with Crippen molar-refractivity contribution in [3.63, 3.8) is 0 Å². The summed E-state index contributed by atoms with van der Waals surface area (Å²) in [6.45, 7) is 0.739. The molecule has 0 unspecified atom stereocenters. The van der Waals surface area contributed by atoms with Gasteiger partial charge in [0.1, 0.15) is 0 Å². The molecule has 1 saturated heterocycles. The monoisotopic (exact) mass is 272 g/mol. The molecule has 1 heterocycles. The van der Waals surface area contributed by atoms with Crippen LogP contribution in [0.5, 0.6) is 0 Å². The van der Waals surface area contributed by atoms with Crippen molar-refractivity contribution in [3.05, 3.63) is 29.8 Å². The van der Waals surface area contributed by atoms with Crippen LogP contribution in [-0.4, -0.2) is 18.5 Å².